The average Bonchev–Trinajstić information content (AvgIpc) is 2.55. The van der Waals surface area contributed by atoms with Gasteiger partial charge < -0.3 is 5.32 Å². The molecule has 0 aromatic heterocycles. The third-order valence-electron chi connectivity index (χ3n) is 3.08. The number of amides is 1. The summed E-state index contributed by atoms with van der Waals surface area (Å²) in [4.78, 5) is 12.0. The first-order chi connectivity index (χ1) is 10.2. The second-order valence-electron chi connectivity index (χ2n) is 4.92. The summed E-state index contributed by atoms with van der Waals surface area (Å²) in [5.41, 5.74) is 2.20. The Kier molecular flexibility index (Phi) is 9.60. The van der Waals surface area contributed by atoms with Crippen LogP contribution in [0, 0.1) is 5.92 Å². The normalized spacial score (nSPS) is 9.55. The number of nitrogens with one attached hydrogen (secondary N) is 1. The molecule has 1 amide bonds. The summed E-state index contributed by atoms with van der Waals surface area (Å²) in [6, 6.07) is 20.0. The van der Waals surface area contributed by atoms with Crippen LogP contribution in [0.15, 0.2) is 60.7 Å². The van der Waals surface area contributed by atoms with Crippen LogP contribution in [0.2, 0.25) is 0 Å². The molecule has 0 aliphatic carbocycles. The van der Waals surface area contributed by atoms with Crippen LogP contribution in [0.5, 0.6) is 0 Å². The molecule has 0 saturated carbocycles. The molecule has 0 heterocycles. The Morgan fingerprint density at radius 2 is 1.18 bits per heavy atom. The van der Waals surface area contributed by atoms with Gasteiger partial charge in [-0.25, -0.2) is 0 Å². The fraction of sp³-hybridized carbons (Fsp3) is 0.350. The van der Waals surface area contributed by atoms with Crippen LogP contribution in [0.1, 0.15) is 52.3 Å². The van der Waals surface area contributed by atoms with Crippen molar-refractivity contribution in [1.82, 2.24) is 5.32 Å². The van der Waals surface area contributed by atoms with E-state index in [-0.39, 0.29) is 25.3 Å². The topological polar surface area (TPSA) is 29.1 Å². The molecule has 0 bridgehead atoms. The first kappa shape index (κ1) is 19.9. The van der Waals surface area contributed by atoms with E-state index in [0.717, 1.165) is 11.1 Å². The summed E-state index contributed by atoms with van der Waals surface area (Å²) in [7, 11) is 0. The maximum Gasteiger partial charge on any atom is 0.223 e. The molecule has 0 fully saturated rings. The molecular weight excluding hydrogens is 270 g/mol. The van der Waals surface area contributed by atoms with Gasteiger partial charge in [0.1, 0.15) is 0 Å². The molecule has 120 valence electrons. The number of carbonyl (C=O) groups excluding carboxylic acids is 1. The molecule has 22 heavy (non-hydrogen) atoms. The number of carbonyl (C=O) groups is 1. The molecule has 0 spiro atoms. The van der Waals surface area contributed by atoms with Gasteiger partial charge in [-0.15, -0.1) is 0 Å². The van der Waals surface area contributed by atoms with E-state index in [1.165, 1.54) is 0 Å². The zero-order chi connectivity index (χ0) is 15.7. The maximum atomic E-state index is 12.0. The zero-order valence-corrected chi connectivity index (χ0v) is 13.3. The molecule has 2 rings (SSSR count). The predicted molar refractivity (Wildman–Crippen MR) is 95.8 cm³/mol. The van der Waals surface area contributed by atoms with Crippen LogP contribution in [0.3, 0.4) is 0 Å². The minimum absolute atomic E-state index is 0. The van der Waals surface area contributed by atoms with Gasteiger partial charge >= 0.3 is 0 Å². The average molecular weight is 299 g/mol. The van der Waals surface area contributed by atoms with Crippen molar-refractivity contribution >= 4 is 5.91 Å². The van der Waals surface area contributed by atoms with E-state index in [1.807, 2.05) is 88.4 Å². The molecule has 2 aromatic rings. The van der Waals surface area contributed by atoms with Crippen molar-refractivity contribution in [3.05, 3.63) is 71.8 Å². The number of benzene rings is 2. The molecule has 0 atom stereocenters. The zero-order valence-electron chi connectivity index (χ0n) is 13.3. The molecule has 0 aliphatic heterocycles. The van der Waals surface area contributed by atoms with Crippen molar-refractivity contribution < 1.29 is 4.79 Å². The minimum atomic E-state index is -0.0858. The van der Waals surface area contributed by atoms with Crippen LogP contribution in [-0.4, -0.2) is 5.91 Å². The minimum Gasteiger partial charge on any atom is -0.345 e. The van der Waals surface area contributed by atoms with Gasteiger partial charge in [-0.2, -0.15) is 0 Å². The standard InChI is InChI=1S/C17H19NO.C2H6.CH4/c1-13(2)17(19)18-16(14-9-5-3-6-10-14)15-11-7-4-8-12-15;1-2;/h3-13,16H,1-2H3,(H,18,19);1-2H3;1H4. The monoisotopic (exact) mass is 299 g/mol. The van der Waals surface area contributed by atoms with E-state index in [2.05, 4.69) is 5.32 Å². The van der Waals surface area contributed by atoms with Crippen molar-refractivity contribution in [3.63, 3.8) is 0 Å². The van der Waals surface area contributed by atoms with E-state index in [9.17, 15) is 4.79 Å². The Balaban J connectivity index is 0.00000141. The van der Waals surface area contributed by atoms with Crippen molar-refractivity contribution in [2.75, 3.05) is 0 Å². The second-order valence-corrected chi connectivity index (χ2v) is 4.92. The Labute approximate surface area is 135 Å². The maximum absolute atomic E-state index is 12.0. The highest BCUT2D eigenvalue weighted by atomic mass is 16.1. The predicted octanol–water partition coefficient (Wildman–Crippen LogP) is 5.21. The molecule has 0 unspecified atom stereocenters. The van der Waals surface area contributed by atoms with Gasteiger partial charge in [0.15, 0.2) is 0 Å². The Bertz CT molecular complexity index is 480. The largest absolute Gasteiger partial charge is 0.345 e. The van der Waals surface area contributed by atoms with Crippen LogP contribution in [0.25, 0.3) is 0 Å². The van der Waals surface area contributed by atoms with Crippen LogP contribution in [-0.2, 0) is 4.79 Å². The lowest BCUT2D eigenvalue weighted by Gasteiger charge is -2.21. The Morgan fingerprint density at radius 3 is 1.50 bits per heavy atom. The third kappa shape index (κ3) is 5.72. The van der Waals surface area contributed by atoms with Crippen molar-refractivity contribution in [2.24, 2.45) is 5.92 Å². The van der Waals surface area contributed by atoms with Crippen molar-refractivity contribution in [3.8, 4) is 0 Å². The highest BCUT2D eigenvalue weighted by Crippen LogP contribution is 2.22. The summed E-state index contributed by atoms with van der Waals surface area (Å²) >= 11 is 0. The number of rotatable bonds is 4. The van der Waals surface area contributed by atoms with E-state index >= 15 is 0 Å². The molecule has 2 nitrogen and oxygen atoms in total. The van der Waals surface area contributed by atoms with E-state index in [0.29, 0.717) is 0 Å². The SMILES string of the molecule is C.CC.CC(C)C(=O)NC(c1ccccc1)c1ccccc1. The van der Waals surface area contributed by atoms with Crippen molar-refractivity contribution in [2.45, 2.75) is 41.2 Å². The smallest absolute Gasteiger partial charge is 0.223 e. The fourth-order valence-corrected chi connectivity index (χ4v) is 1.96. The van der Waals surface area contributed by atoms with Crippen LogP contribution in [0.4, 0.5) is 0 Å². The molecule has 0 radical (unpaired) electrons. The number of hydrogen-bond acceptors (Lipinski definition) is 1. The van der Waals surface area contributed by atoms with E-state index in [1.54, 1.807) is 0 Å². The van der Waals surface area contributed by atoms with Crippen LogP contribution >= 0.6 is 0 Å². The summed E-state index contributed by atoms with van der Waals surface area (Å²) in [5.74, 6) is 0.0487. The van der Waals surface area contributed by atoms with Gasteiger partial charge in [0.05, 0.1) is 6.04 Å². The quantitative estimate of drug-likeness (QED) is 0.825. The Hall–Kier alpha value is -2.09. The summed E-state index contributed by atoms with van der Waals surface area (Å²) in [6.07, 6.45) is 0. The van der Waals surface area contributed by atoms with Gasteiger partial charge in [-0.1, -0.05) is 95.8 Å². The lowest BCUT2D eigenvalue weighted by atomic mass is 9.98. The second kappa shape index (κ2) is 10.6. The molecule has 0 aliphatic rings. The van der Waals surface area contributed by atoms with Crippen LogP contribution < -0.4 is 5.32 Å². The number of hydrogen-bond donors (Lipinski definition) is 1. The highest BCUT2D eigenvalue weighted by Gasteiger charge is 2.17. The lowest BCUT2D eigenvalue weighted by Crippen LogP contribution is -2.32. The fourth-order valence-electron chi connectivity index (χ4n) is 1.96. The highest BCUT2D eigenvalue weighted by molar-refractivity contribution is 5.78. The van der Waals surface area contributed by atoms with E-state index in [4.69, 9.17) is 0 Å². The summed E-state index contributed by atoms with van der Waals surface area (Å²) < 4.78 is 0. The van der Waals surface area contributed by atoms with Gasteiger partial charge in [0.2, 0.25) is 5.91 Å². The van der Waals surface area contributed by atoms with Gasteiger partial charge in [-0.3, -0.25) is 4.79 Å². The van der Waals surface area contributed by atoms with Gasteiger partial charge in [0.25, 0.3) is 0 Å². The third-order valence-corrected chi connectivity index (χ3v) is 3.08. The summed E-state index contributed by atoms with van der Waals surface area (Å²) in [5, 5.41) is 3.11. The summed E-state index contributed by atoms with van der Waals surface area (Å²) in [6.45, 7) is 7.81. The molecule has 2 heteroatoms. The van der Waals surface area contributed by atoms with Crippen molar-refractivity contribution in [1.29, 1.82) is 0 Å². The van der Waals surface area contributed by atoms with E-state index < -0.39 is 0 Å². The first-order valence-electron chi connectivity index (χ1n) is 7.58. The van der Waals surface area contributed by atoms with Gasteiger partial charge in [0, 0.05) is 5.92 Å². The Morgan fingerprint density at radius 1 is 0.818 bits per heavy atom. The first-order valence-corrected chi connectivity index (χ1v) is 7.58. The van der Waals surface area contributed by atoms with Gasteiger partial charge in [-0.05, 0) is 11.1 Å². The molecule has 0 saturated heterocycles. The molecular formula is C20H29NO. The molecule has 1 N–H and O–H groups in total. The lowest BCUT2D eigenvalue weighted by molar-refractivity contribution is -0.124. The molecule has 2 aromatic carbocycles.